The minimum atomic E-state index is 0.106. The lowest BCUT2D eigenvalue weighted by Gasteiger charge is -2.11. The van der Waals surface area contributed by atoms with Crippen LogP contribution < -0.4 is 4.74 Å². The maximum Gasteiger partial charge on any atom is 0.167 e. The van der Waals surface area contributed by atoms with Crippen LogP contribution in [0.1, 0.15) is 40.9 Å². The summed E-state index contributed by atoms with van der Waals surface area (Å²) in [5.41, 5.74) is 4.13. The molecule has 2 aromatic carbocycles. The van der Waals surface area contributed by atoms with Crippen LogP contribution in [0.15, 0.2) is 42.5 Å². The lowest BCUT2D eigenvalue weighted by molar-refractivity contribution is 0.0992. The summed E-state index contributed by atoms with van der Waals surface area (Å²) < 4.78 is 5.65. The zero-order chi connectivity index (χ0) is 15.4. The predicted octanol–water partition coefficient (Wildman–Crippen LogP) is 4.52. The van der Waals surface area contributed by atoms with Crippen molar-refractivity contribution in [2.75, 3.05) is 0 Å². The van der Waals surface area contributed by atoms with Gasteiger partial charge >= 0.3 is 0 Å². The number of ketones is 1. The monoisotopic (exact) mass is 282 g/mol. The topological polar surface area (TPSA) is 26.3 Å². The Morgan fingerprint density at radius 2 is 1.86 bits per heavy atom. The van der Waals surface area contributed by atoms with Gasteiger partial charge in [0.2, 0.25) is 0 Å². The van der Waals surface area contributed by atoms with Crippen molar-refractivity contribution < 1.29 is 9.53 Å². The lowest BCUT2D eigenvalue weighted by atomic mass is 9.98. The van der Waals surface area contributed by atoms with Crippen molar-refractivity contribution in [1.82, 2.24) is 0 Å². The molecule has 2 nitrogen and oxygen atoms in total. The Morgan fingerprint density at radius 3 is 2.57 bits per heavy atom. The molecule has 0 saturated carbocycles. The maximum absolute atomic E-state index is 12.5. The zero-order valence-electron chi connectivity index (χ0n) is 13.1. The SMILES string of the molecule is Cc1ccc(C)c(CC(=O)c2cccc(OC(C)C)c2)c1. The van der Waals surface area contributed by atoms with E-state index in [-0.39, 0.29) is 11.9 Å². The smallest absolute Gasteiger partial charge is 0.167 e. The van der Waals surface area contributed by atoms with Crippen LogP contribution in [0.5, 0.6) is 5.75 Å². The molecule has 0 heterocycles. The summed E-state index contributed by atoms with van der Waals surface area (Å²) in [6, 6.07) is 13.6. The first-order valence-corrected chi connectivity index (χ1v) is 7.32. The van der Waals surface area contributed by atoms with Crippen LogP contribution in [-0.2, 0) is 6.42 Å². The number of carbonyl (C=O) groups is 1. The van der Waals surface area contributed by atoms with Gasteiger partial charge in [-0.05, 0) is 51.0 Å². The minimum Gasteiger partial charge on any atom is -0.491 e. The van der Waals surface area contributed by atoms with E-state index >= 15 is 0 Å². The molecule has 2 heteroatoms. The quantitative estimate of drug-likeness (QED) is 0.754. The Bertz CT molecular complexity index is 642. The zero-order valence-corrected chi connectivity index (χ0v) is 13.1. The Balaban J connectivity index is 2.18. The third-order valence-corrected chi connectivity index (χ3v) is 3.38. The van der Waals surface area contributed by atoms with Crippen molar-refractivity contribution in [2.45, 2.75) is 40.2 Å². The molecule has 0 aliphatic heterocycles. The molecule has 0 aromatic heterocycles. The number of benzene rings is 2. The maximum atomic E-state index is 12.5. The van der Waals surface area contributed by atoms with Crippen LogP contribution in [-0.4, -0.2) is 11.9 Å². The van der Waals surface area contributed by atoms with E-state index in [1.807, 2.05) is 52.0 Å². The molecule has 0 radical (unpaired) electrons. The van der Waals surface area contributed by atoms with Gasteiger partial charge in [-0.1, -0.05) is 35.9 Å². The number of ether oxygens (including phenoxy) is 1. The summed E-state index contributed by atoms with van der Waals surface area (Å²) in [6.45, 7) is 8.04. The number of carbonyl (C=O) groups excluding carboxylic acids is 1. The van der Waals surface area contributed by atoms with Gasteiger partial charge in [-0.15, -0.1) is 0 Å². The Hall–Kier alpha value is -2.09. The Morgan fingerprint density at radius 1 is 1.10 bits per heavy atom. The van der Waals surface area contributed by atoms with Crippen molar-refractivity contribution in [2.24, 2.45) is 0 Å². The van der Waals surface area contributed by atoms with Crippen LogP contribution in [0.4, 0.5) is 0 Å². The summed E-state index contributed by atoms with van der Waals surface area (Å²) in [4.78, 5) is 12.5. The van der Waals surface area contributed by atoms with Crippen LogP contribution >= 0.6 is 0 Å². The third kappa shape index (κ3) is 4.19. The van der Waals surface area contributed by atoms with Gasteiger partial charge in [0.1, 0.15) is 5.75 Å². The second-order valence-corrected chi connectivity index (χ2v) is 5.72. The van der Waals surface area contributed by atoms with E-state index in [0.29, 0.717) is 12.0 Å². The Kier molecular flexibility index (Phi) is 4.79. The second-order valence-electron chi connectivity index (χ2n) is 5.72. The van der Waals surface area contributed by atoms with Gasteiger partial charge in [0.05, 0.1) is 6.10 Å². The van der Waals surface area contributed by atoms with Crippen LogP contribution in [0.2, 0.25) is 0 Å². The number of Topliss-reactive ketones (excluding diaryl/α,β-unsaturated/α-hetero) is 1. The van der Waals surface area contributed by atoms with Crippen LogP contribution in [0, 0.1) is 13.8 Å². The standard InChI is InChI=1S/C19H22O2/c1-13(2)21-18-7-5-6-16(11-18)19(20)12-17-10-14(3)8-9-15(17)4/h5-11,13H,12H2,1-4H3. The molecular formula is C19H22O2. The fourth-order valence-corrected chi connectivity index (χ4v) is 2.28. The molecule has 0 aliphatic rings. The predicted molar refractivity (Wildman–Crippen MR) is 86.2 cm³/mol. The van der Waals surface area contributed by atoms with Crippen molar-refractivity contribution in [1.29, 1.82) is 0 Å². The number of aryl methyl sites for hydroxylation is 2. The summed E-state index contributed by atoms with van der Waals surface area (Å²) >= 11 is 0. The first-order chi connectivity index (χ1) is 9.95. The van der Waals surface area contributed by atoms with Crippen molar-refractivity contribution in [3.8, 4) is 5.75 Å². The van der Waals surface area contributed by atoms with Gasteiger partial charge in [0.15, 0.2) is 5.78 Å². The molecular weight excluding hydrogens is 260 g/mol. The molecule has 0 saturated heterocycles. The van der Waals surface area contributed by atoms with E-state index in [9.17, 15) is 4.79 Å². The van der Waals surface area contributed by atoms with Crippen LogP contribution in [0.25, 0.3) is 0 Å². The third-order valence-electron chi connectivity index (χ3n) is 3.38. The minimum absolute atomic E-state index is 0.106. The normalized spacial score (nSPS) is 10.7. The number of hydrogen-bond acceptors (Lipinski definition) is 2. The fourth-order valence-electron chi connectivity index (χ4n) is 2.28. The summed E-state index contributed by atoms with van der Waals surface area (Å²) in [5.74, 6) is 0.870. The molecule has 0 amide bonds. The molecule has 0 aliphatic carbocycles. The molecule has 2 aromatic rings. The molecule has 0 bridgehead atoms. The van der Waals surface area contributed by atoms with Gasteiger partial charge < -0.3 is 4.74 Å². The molecule has 0 N–H and O–H groups in total. The summed E-state index contributed by atoms with van der Waals surface area (Å²) in [7, 11) is 0. The van der Waals surface area contributed by atoms with Gasteiger partial charge in [-0.3, -0.25) is 4.79 Å². The molecule has 0 atom stereocenters. The van der Waals surface area contributed by atoms with E-state index in [1.54, 1.807) is 0 Å². The van der Waals surface area contributed by atoms with E-state index in [2.05, 4.69) is 18.2 Å². The van der Waals surface area contributed by atoms with Gasteiger partial charge in [0.25, 0.3) is 0 Å². The summed E-state index contributed by atoms with van der Waals surface area (Å²) in [6.07, 6.45) is 0.535. The average Bonchev–Trinajstić information content (AvgIpc) is 2.42. The average molecular weight is 282 g/mol. The molecule has 110 valence electrons. The first kappa shape index (κ1) is 15.3. The van der Waals surface area contributed by atoms with E-state index in [0.717, 1.165) is 16.9 Å². The molecule has 0 unspecified atom stereocenters. The molecule has 2 rings (SSSR count). The number of hydrogen-bond donors (Lipinski definition) is 0. The Labute approximate surface area is 126 Å². The first-order valence-electron chi connectivity index (χ1n) is 7.32. The van der Waals surface area contributed by atoms with Gasteiger partial charge in [0, 0.05) is 12.0 Å². The second kappa shape index (κ2) is 6.57. The number of rotatable bonds is 5. The highest BCUT2D eigenvalue weighted by atomic mass is 16.5. The summed E-state index contributed by atoms with van der Waals surface area (Å²) in [5, 5.41) is 0. The highest BCUT2D eigenvalue weighted by Crippen LogP contribution is 2.18. The fraction of sp³-hybridized carbons (Fsp3) is 0.316. The van der Waals surface area contributed by atoms with Crippen LogP contribution in [0.3, 0.4) is 0 Å². The van der Waals surface area contributed by atoms with Crippen molar-refractivity contribution in [3.63, 3.8) is 0 Å². The van der Waals surface area contributed by atoms with E-state index in [1.165, 1.54) is 5.56 Å². The van der Waals surface area contributed by atoms with Gasteiger partial charge in [-0.25, -0.2) is 0 Å². The van der Waals surface area contributed by atoms with Crippen molar-refractivity contribution >= 4 is 5.78 Å². The van der Waals surface area contributed by atoms with Gasteiger partial charge in [-0.2, -0.15) is 0 Å². The van der Waals surface area contributed by atoms with E-state index < -0.39 is 0 Å². The highest BCUT2D eigenvalue weighted by molar-refractivity contribution is 5.98. The molecule has 0 fully saturated rings. The lowest BCUT2D eigenvalue weighted by Crippen LogP contribution is -2.08. The highest BCUT2D eigenvalue weighted by Gasteiger charge is 2.10. The largest absolute Gasteiger partial charge is 0.491 e. The van der Waals surface area contributed by atoms with Crippen molar-refractivity contribution in [3.05, 3.63) is 64.7 Å². The molecule has 0 spiro atoms. The van der Waals surface area contributed by atoms with E-state index in [4.69, 9.17) is 4.74 Å². The molecule has 21 heavy (non-hydrogen) atoms.